The Balaban J connectivity index is 2.12. The summed E-state index contributed by atoms with van der Waals surface area (Å²) in [5.74, 6) is 0.788. The van der Waals surface area contributed by atoms with Gasteiger partial charge in [-0.3, -0.25) is 14.5 Å². The molecule has 0 aromatic carbocycles. The number of fused-ring (bicyclic) bond motifs is 1. The summed E-state index contributed by atoms with van der Waals surface area (Å²) in [5.41, 5.74) is 0.315. The van der Waals surface area contributed by atoms with E-state index < -0.39 is 5.60 Å². The van der Waals surface area contributed by atoms with Crippen LogP contribution in [0.15, 0.2) is 24.4 Å². The highest BCUT2D eigenvalue weighted by Crippen LogP contribution is 2.20. The van der Waals surface area contributed by atoms with Gasteiger partial charge >= 0.3 is 5.97 Å². The molecule has 2 rings (SSSR count). The van der Waals surface area contributed by atoms with Crippen LogP contribution in [-0.2, 0) is 9.53 Å². The molecule has 2 aromatic rings. The molecule has 1 atom stereocenters. The molecular formula is C16H24N4O2. The lowest BCUT2D eigenvalue weighted by atomic mass is 10.0. The molecule has 0 saturated carbocycles. The van der Waals surface area contributed by atoms with Crippen molar-refractivity contribution in [2.75, 3.05) is 6.54 Å². The monoisotopic (exact) mass is 304 g/mol. The van der Waals surface area contributed by atoms with Crippen molar-refractivity contribution in [3.63, 3.8) is 0 Å². The first-order valence-corrected chi connectivity index (χ1v) is 7.53. The molecule has 0 amide bonds. The van der Waals surface area contributed by atoms with E-state index in [4.69, 9.17) is 4.74 Å². The van der Waals surface area contributed by atoms with Gasteiger partial charge in [-0.1, -0.05) is 19.9 Å². The van der Waals surface area contributed by atoms with Crippen molar-refractivity contribution in [2.24, 2.45) is 5.92 Å². The Morgan fingerprint density at radius 2 is 2.05 bits per heavy atom. The average molecular weight is 304 g/mol. The van der Waals surface area contributed by atoms with Crippen molar-refractivity contribution in [3.05, 3.63) is 30.2 Å². The van der Waals surface area contributed by atoms with Gasteiger partial charge in [0.25, 0.3) is 0 Å². The number of carbonyl (C=O) groups excluding carboxylic acids is 1. The zero-order valence-electron chi connectivity index (χ0n) is 13.8. The van der Waals surface area contributed by atoms with E-state index in [0.29, 0.717) is 0 Å². The molecule has 6 nitrogen and oxygen atoms in total. The fourth-order valence-corrected chi connectivity index (χ4v) is 2.27. The van der Waals surface area contributed by atoms with Crippen molar-refractivity contribution in [3.8, 4) is 0 Å². The summed E-state index contributed by atoms with van der Waals surface area (Å²) < 4.78 is 7.27. The van der Waals surface area contributed by atoms with Crippen LogP contribution in [0, 0.1) is 5.92 Å². The summed E-state index contributed by atoms with van der Waals surface area (Å²) in [5, 5.41) is 11.7. The zero-order valence-corrected chi connectivity index (χ0v) is 13.8. The highest BCUT2D eigenvalue weighted by atomic mass is 16.6. The van der Waals surface area contributed by atoms with Crippen molar-refractivity contribution >= 4 is 11.6 Å². The van der Waals surface area contributed by atoms with E-state index in [2.05, 4.69) is 29.4 Å². The van der Waals surface area contributed by atoms with Gasteiger partial charge in [0.2, 0.25) is 0 Å². The molecule has 0 aliphatic carbocycles. The molecule has 1 N–H and O–H groups in total. The molecule has 22 heavy (non-hydrogen) atoms. The van der Waals surface area contributed by atoms with Crippen LogP contribution in [0.25, 0.3) is 5.65 Å². The Hall–Kier alpha value is -1.95. The Bertz CT molecular complexity index is 643. The van der Waals surface area contributed by atoms with E-state index in [-0.39, 0.29) is 24.5 Å². The van der Waals surface area contributed by atoms with Crippen LogP contribution in [0.1, 0.15) is 46.5 Å². The lowest BCUT2D eigenvalue weighted by Crippen LogP contribution is -2.35. The molecule has 2 heterocycles. The molecule has 0 saturated heterocycles. The predicted octanol–water partition coefficient (Wildman–Crippen LogP) is 2.36. The Morgan fingerprint density at radius 3 is 2.68 bits per heavy atom. The van der Waals surface area contributed by atoms with Crippen LogP contribution in [-0.4, -0.2) is 32.7 Å². The van der Waals surface area contributed by atoms with Crippen LogP contribution in [0.4, 0.5) is 0 Å². The van der Waals surface area contributed by atoms with Gasteiger partial charge in [0.05, 0.1) is 12.6 Å². The third-order valence-corrected chi connectivity index (χ3v) is 3.17. The maximum atomic E-state index is 11.9. The minimum absolute atomic E-state index is 0.0788. The van der Waals surface area contributed by atoms with E-state index in [1.54, 1.807) is 0 Å². The number of nitrogens with one attached hydrogen (secondary N) is 1. The number of nitrogens with zero attached hydrogens (tertiary/aromatic N) is 3. The van der Waals surface area contributed by atoms with Crippen LogP contribution in [0.2, 0.25) is 0 Å². The Kier molecular flexibility index (Phi) is 4.81. The minimum Gasteiger partial charge on any atom is -0.459 e. The largest absolute Gasteiger partial charge is 0.459 e. The molecular weight excluding hydrogens is 280 g/mol. The van der Waals surface area contributed by atoms with Crippen LogP contribution >= 0.6 is 0 Å². The Morgan fingerprint density at radius 1 is 1.32 bits per heavy atom. The van der Waals surface area contributed by atoms with E-state index in [1.165, 1.54) is 0 Å². The standard InChI is InChI=1S/C16H24N4O2/c1-11(2)14(17-10-13(21)22-16(3,4)5)15-19-18-12-8-6-7-9-20(12)15/h6-9,11,14,17H,10H2,1-5H3. The molecule has 6 heteroatoms. The molecule has 0 spiro atoms. The topological polar surface area (TPSA) is 68.5 Å². The van der Waals surface area contributed by atoms with Crippen LogP contribution in [0.3, 0.4) is 0 Å². The molecule has 0 fully saturated rings. The smallest absolute Gasteiger partial charge is 0.320 e. The molecule has 0 radical (unpaired) electrons. The fourth-order valence-electron chi connectivity index (χ4n) is 2.27. The van der Waals surface area contributed by atoms with Gasteiger partial charge in [-0.05, 0) is 38.8 Å². The van der Waals surface area contributed by atoms with Gasteiger partial charge in [-0.15, -0.1) is 10.2 Å². The van der Waals surface area contributed by atoms with Gasteiger partial charge in [0, 0.05) is 6.20 Å². The SMILES string of the molecule is CC(C)C(NCC(=O)OC(C)(C)C)c1nnc2ccccn12. The van der Waals surface area contributed by atoms with E-state index in [9.17, 15) is 4.79 Å². The van der Waals surface area contributed by atoms with Gasteiger partial charge in [-0.25, -0.2) is 0 Å². The second-order valence-electron chi connectivity index (χ2n) is 6.68. The van der Waals surface area contributed by atoms with Crippen LogP contribution in [0.5, 0.6) is 0 Å². The number of carbonyl (C=O) groups is 1. The third kappa shape index (κ3) is 4.04. The summed E-state index contributed by atoms with van der Waals surface area (Å²) in [6.07, 6.45) is 1.93. The zero-order chi connectivity index (χ0) is 16.3. The second kappa shape index (κ2) is 6.44. The number of esters is 1. The average Bonchev–Trinajstić information content (AvgIpc) is 2.81. The number of hydrogen-bond donors (Lipinski definition) is 1. The second-order valence-corrected chi connectivity index (χ2v) is 6.68. The molecule has 0 aliphatic rings. The first kappa shape index (κ1) is 16.4. The maximum Gasteiger partial charge on any atom is 0.320 e. The van der Waals surface area contributed by atoms with Crippen molar-refractivity contribution in [1.29, 1.82) is 0 Å². The molecule has 0 bridgehead atoms. The molecule has 2 aromatic heterocycles. The number of rotatable bonds is 5. The van der Waals surface area contributed by atoms with Crippen molar-refractivity contribution in [1.82, 2.24) is 19.9 Å². The number of aromatic nitrogens is 3. The predicted molar refractivity (Wildman–Crippen MR) is 84.4 cm³/mol. The maximum absolute atomic E-state index is 11.9. The Labute approximate surface area is 130 Å². The van der Waals surface area contributed by atoms with E-state index >= 15 is 0 Å². The number of pyridine rings is 1. The van der Waals surface area contributed by atoms with E-state index in [0.717, 1.165) is 11.5 Å². The lowest BCUT2D eigenvalue weighted by molar-refractivity contribution is -0.153. The van der Waals surface area contributed by atoms with Gasteiger partial charge in [-0.2, -0.15) is 0 Å². The third-order valence-electron chi connectivity index (χ3n) is 3.17. The first-order chi connectivity index (χ1) is 10.3. The fraction of sp³-hybridized carbons (Fsp3) is 0.562. The van der Waals surface area contributed by atoms with Crippen molar-refractivity contribution in [2.45, 2.75) is 46.3 Å². The van der Waals surface area contributed by atoms with Crippen molar-refractivity contribution < 1.29 is 9.53 Å². The van der Waals surface area contributed by atoms with Gasteiger partial charge in [0.15, 0.2) is 11.5 Å². The van der Waals surface area contributed by atoms with Gasteiger partial charge < -0.3 is 4.74 Å². The van der Waals surface area contributed by atoms with E-state index in [1.807, 2.05) is 49.6 Å². The lowest BCUT2D eigenvalue weighted by Gasteiger charge is -2.23. The van der Waals surface area contributed by atoms with Crippen LogP contribution < -0.4 is 5.32 Å². The summed E-state index contributed by atoms with van der Waals surface area (Å²) in [6, 6.07) is 5.68. The summed E-state index contributed by atoms with van der Waals surface area (Å²) >= 11 is 0. The normalized spacial score (nSPS) is 13.5. The van der Waals surface area contributed by atoms with Gasteiger partial charge in [0.1, 0.15) is 5.60 Å². The minimum atomic E-state index is -0.479. The number of hydrogen-bond acceptors (Lipinski definition) is 5. The number of ether oxygens (including phenoxy) is 1. The quantitative estimate of drug-likeness (QED) is 0.859. The summed E-state index contributed by atoms with van der Waals surface area (Å²) in [6.45, 7) is 9.87. The first-order valence-electron chi connectivity index (χ1n) is 7.53. The summed E-state index contributed by atoms with van der Waals surface area (Å²) in [7, 11) is 0. The molecule has 0 aliphatic heterocycles. The highest BCUT2D eigenvalue weighted by molar-refractivity contribution is 5.72. The molecule has 1 unspecified atom stereocenters. The highest BCUT2D eigenvalue weighted by Gasteiger charge is 2.23. The summed E-state index contributed by atoms with van der Waals surface area (Å²) in [4.78, 5) is 11.9. The molecule has 120 valence electrons.